The van der Waals surface area contributed by atoms with Crippen LogP contribution in [0.15, 0.2) is 24.3 Å². The topological polar surface area (TPSA) is 21.3 Å². The van der Waals surface area contributed by atoms with E-state index in [-0.39, 0.29) is 12.2 Å². The normalized spacial score (nSPS) is 11.4. The molecule has 0 fully saturated rings. The van der Waals surface area contributed by atoms with Crippen LogP contribution in [0.3, 0.4) is 0 Å². The molecule has 0 bridgehead atoms. The van der Waals surface area contributed by atoms with E-state index in [1.807, 2.05) is 0 Å². The summed E-state index contributed by atoms with van der Waals surface area (Å²) in [7, 11) is 0. The first kappa shape index (κ1) is 14.9. The highest BCUT2D eigenvalue weighted by atomic mass is 19.3. The van der Waals surface area contributed by atoms with Gasteiger partial charge in [-0.15, -0.1) is 0 Å². The lowest BCUT2D eigenvalue weighted by atomic mass is 10.1. The average Bonchev–Trinajstić information content (AvgIpc) is 2.33. The third-order valence-electron chi connectivity index (χ3n) is 2.20. The van der Waals surface area contributed by atoms with Crippen LogP contribution in [0.1, 0.15) is 17.6 Å². The Labute approximate surface area is 103 Å². The molecule has 0 unspecified atom stereocenters. The Morgan fingerprint density at radius 1 is 1.17 bits per heavy atom. The first-order valence-electron chi connectivity index (χ1n) is 5.53. The first-order chi connectivity index (χ1) is 8.59. The highest BCUT2D eigenvalue weighted by Gasteiger charge is 2.06. The van der Waals surface area contributed by atoms with Crippen molar-refractivity contribution in [2.75, 3.05) is 19.8 Å². The van der Waals surface area contributed by atoms with Crippen molar-refractivity contribution in [3.05, 3.63) is 35.4 Å². The summed E-state index contributed by atoms with van der Waals surface area (Å²) in [4.78, 5) is 0. The van der Waals surface area contributed by atoms with Crippen molar-refractivity contribution in [3.8, 4) is 0 Å². The van der Waals surface area contributed by atoms with Crippen molar-refractivity contribution in [3.63, 3.8) is 0 Å². The number of halogens is 4. The summed E-state index contributed by atoms with van der Waals surface area (Å²) < 4.78 is 52.9. The molecular formula is C12H15F4NO. The van der Waals surface area contributed by atoms with Crippen LogP contribution in [0.4, 0.5) is 17.6 Å². The fourth-order valence-corrected chi connectivity index (χ4v) is 1.39. The van der Waals surface area contributed by atoms with Gasteiger partial charge < -0.3 is 10.1 Å². The fraction of sp³-hybridized carbons (Fsp3) is 0.500. The van der Waals surface area contributed by atoms with Crippen LogP contribution in [-0.2, 0) is 11.3 Å². The molecule has 1 N–H and O–H groups in total. The number of alkyl halides is 4. The lowest BCUT2D eigenvalue weighted by molar-refractivity contribution is 0.0187. The molecule has 1 rings (SSSR count). The van der Waals surface area contributed by atoms with Crippen molar-refractivity contribution < 1.29 is 22.3 Å². The smallest absolute Gasteiger partial charge is 0.263 e. The minimum absolute atomic E-state index is 0.0248. The molecule has 18 heavy (non-hydrogen) atoms. The number of hydrogen-bond donors (Lipinski definition) is 1. The molecule has 0 aliphatic rings. The molecule has 0 saturated heterocycles. The second-order valence-electron chi connectivity index (χ2n) is 3.69. The zero-order valence-corrected chi connectivity index (χ0v) is 9.71. The van der Waals surface area contributed by atoms with Crippen molar-refractivity contribution in [1.82, 2.24) is 5.32 Å². The Kier molecular flexibility index (Phi) is 6.67. The SMILES string of the molecule is FC(F)COCCNCc1cccc(C(F)F)c1. The Morgan fingerprint density at radius 3 is 2.61 bits per heavy atom. The van der Waals surface area contributed by atoms with Gasteiger partial charge in [-0.25, -0.2) is 17.6 Å². The molecule has 6 heteroatoms. The highest BCUT2D eigenvalue weighted by molar-refractivity contribution is 5.24. The zero-order chi connectivity index (χ0) is 13.4. The minimum Gasteiger partial charge on any atom is -0.374 e. The predicted molar refractivity (Wildman–Crippen MR) is 59.9 cm³/mol. The summed E-state index contributed by atoms with van der Waals surface area (Å²) in [5.41, 5.74) is 0.699. The molecule has 0 aliphatic carbocycles. The quantitative estimate of drug-likeness (QED) is 0.576. The standard InChI is InChI=1S/C12H15F4NO/c13-11(14)8-18-5-4-17-7-9-2-1-3-10(6-9)12(15)16/h1-3,6,11-12,17H,4-5,7-8H2. The summed E-state index contributed by atoms with van der Waals surface area (Å²) in [5, 5.41) is 2.93. The van der Waals surface area contributed by atoms with E-state index in [0.29, 0.717) is 13.1 Å². The van der Waals surface area contributed by atoms with Gasteiger partial charge in [0.2, 0.25) is 0 Å². The Bertz CT molecular complexity index is 347. The van der Waals surface area contributed by atoms with E-state index in [1.165, 1.54) is 12.1 Å². The lowest BCUT2D eigenvalue weighted by Crippen LogP contribution is -2.20. The molecule has 0 heterocycles. The summed E-state index contributed by atoms with van der Waals surface area (Å²) in [5.74, 6) is 0. The highest BCUT2D eigenvalue weighted by Crippen LogP contribution is 2.19. The second-order valence-corrected chi connectivity index (χ2v) is 3.69. The number of benzene rings is 1. The third kappa shape index (κ3) is 5.97. The number of rotatable bonds is 8. The van der Waals surface area contributed by atoms with E-state index in [1.54, 1.807) is 12.1 Å². The van der Waals surface area contributed by atoms with E-state index in [2.05, 4.69) is 10.1 Å². The number of ether oxygens (including phenoxy) is 1. The van der Waals surface area contributed by atoms with Gasteiger partial charge >= 0.3 is 0 Å². The van der Waals surface area contributed by atoms with Crippen LogP contribution < -0.4 is 5.32 Å². The maximum atomic E-state index is 12.4. The van der Waals surface area contributed by atoms with Gasteiger partial charge in [0.15, 0.2) is 0 Å². The van der Waals surface area contributed by atoms with Crippen molar-refractivity contribution in [2.45, 2.75) is 19.4 Å². The molecule has 0 amide bonds. The van der Waals surface area contributed by atoms with Gasteiger partial charge in [0.25, 0.3) is 12.9 Å². The Morgan fingerprint density at radius 2 is 1.94 bits per heavy atom. The molecule has 2 nitrogen and oxygen atoms in total. The molecule has 0 aliphatic heterocycles. The monoisotopic (exact) mass is 265 g/mol. The molecule has 0 aromatic heterocycles. The van der Waals surface area contributed by atoms with Gasteiger partial charge in [-0.05, 0) is 11.6 Å². The molecule has 0 saturated carbocycles. The molecule has 0 spiro atoms. The Balaban J connectivity index is 2.21. The van der Waals surface area contributed by atoms with Gasteiger partial charge in [-0.2, -0.15) is 0 Å². The van der Waals surface area contributed by atoms with Gasteiger partial charge in [0.1, 0.15) is 6.61 Å². The van der Waals surface area contributed by atoms with E-state index in [9.17, 15) is 17.6 Å². The summed E-state index contributed by atoms with van der Waals surface area (Å²) in [6, 6.07) is 6.06. The van der Waals surface area contributed by atoms with E-state index in [4.69, 9.17) is 0 Å². The number of nitrogens with one attached hydrogen (secondary N) is 1. The predicted octanol–water partition coefficient (Wildman–Crippen LogP) is 3.00. The van der Waals surface area contributed by atoms with Crippen LogP contribution in [0.25, 0.3) is 0 Å². The average molecular weight is 265 g/mol. The maximum absolute atomic E-state index is 12.4. The molecule has 102 valence electrons. The van der Waals surface area contributed by atoms with E-state index in [0.717, 1.165) is 5.56 Å². The number of hydrogen-bond acceptors (Lipinski definition) is 2. The molecule has 0 radical (unpaired) electrons. The summed E-state index contributed by atoms with van der Waals surface area (Å²) >= 11 is 0. The van der Waals surface area contributed by atoms with Gasteiger partial charge in [0.05, 0.1) is 6.61 Å². The van der Waals surface area contributed by atoms with E-state index >= 15 is 0 Å². The van der Waals surface area contributed by atoms with Crippen molar-refractivity contribution in [1.29, 1.82) is 0 Å². The fourth-order valence-electron chi connectivity index (χ4n) is 1.39. The third-order valence-corrected chi connectivity index (χ3v) is 2.20. The van der Waals surface area contributed by atoms with Gasteiger partial charge in [0, 0.05) is 18.7 Å². The first-order valence-corrected chi connectivity index (χ1v) is 5.53. The molecule has 0 atom stereocenters. The van der Waals surface area contributed by atoms with Crippen molar-refractivity contribution in [2.24, 2.45) is 0 Å². The zero-order valence-electron chi connectivity index (χ0n) is 9.71. The second kappa shape index (κ2) is 8.05. The lowest BCUT2D eigenvalue weighted by Gasteiger charge is -2.07. The molecule has 1 aromatic rings. The largest absolute Gasteiger partial charge is 0.374 e. The molecule has 1 aromatic carbocycles. The van der Waals surface area contributed by atoms with Crippen molar-refractivity contribution >= 4 is 0 Å². The minimum atomic E-state index is -2.49. The van der Waals surface area contributed by atoms with Gasteiger partial charge in [-0.3, -0.25) is 0 Å². The van der Waals surface area contributed by atoms with Crippen LogP contribution >= 0.6 is 0 Å². The van der Waals surface area contributed by atoms with Crippen LogP contribution in [0.5, 0.6) is 0 Å². The Hall–Kier alpha value is -1.14. The van der Waals surface area contributed by atoms with Crippen LogP contribution in [-0.4, -0.2) is 26.2 Å². The molecular weight excluding hydrogens is 250 g/mol. The van der Waals surface area contributed by atoms with Crippen LogP contribution in [0.2, 0.25) is 0 Å². The summed E-state index contributed by atoms with van der Waals surface area (Å²) in [6.07, 6.45) is -4.95. The van der Waals surface area contributed by atoms with Gasteiger partial charge in [-0.1, -0.05) is 18.2 Å². The van der Waals surface area contributed by atoms with Crippen LogP contribution in [0, 0.1) is 0 Å². The maximum Gasteiger partial charge on any atom is 0.263 e. The summed E-state index contributed by atoms with van der Waals surface area (Å²) in [6.45, 7) is 0.381. The van der Waals surface area contributed by atoms with E-state index < -0.39 is 19.5 Å².